The number of nitrogens with zero attached hydrogens (tertiary/aromatic N) is 4. The van der Waals surface area contributed by atoms with Crippen molar-refractivity contribution in [2.75, 3.05) is 25.0 Å². The van der Waals surface area contributed by atoms with E-state index in [-0.39, 0.29) is 5.91 Å². The number of amides is 1. The first-order valence-electron chi connectivity index (χ1n) is 8.29. The number of piperidine rings is 1. The van der Waals surface area contributed by atoms with Crippen molar-refractivity contribution < 1.29 is 4.79 Å². The van der Waals surface area contributed by atoms with Crippen LogP contribution in [-0.2, 0) is 11.3 Å². The van der Waals surface area contributed by atoms with Gasteiger partial charge in [0, 0.05) is 18.8 Å². The van der Waals surface area contributed by atoms with Crippen LogP contribution in [0.5, 0.6) is 0 Å². The number of aromatic amines is 1. The van der Waals surface area contributed by atoms with E-state index in [1.165, 1.54) is 5.56 Å². The van der Waals surface area contributed by atoms with Gasteiger partial charge in [0.2, 0.25) is 5.91 Å². The number of aromatic nitrogens is 4. The Morgan fingerprint density at radius 1 is 1.43 bits per heavy atom. The standard InChI is InChI=1S/C16H24N6O/c1-2-7-22-15(3-6-19-22)20-16(23)12-21-8-4-13(5-9-21)14-10-17-18-11-14/h3,6,10-11,13H,2,4-5,7-9,12H2,1H3,(H,17,18)(H,20,23). The van der Waals surface area contributed by atoms with E-state index in [9.17, 15) is 4.79 Å². The fraction of sp³-hybridized carbons (Fsp3) is 0.562. The lowest BCUT2D eigenvalue weighted by molar-refractivity contribution is -0.117. The monoisotopic (exact) mass is 316 g/mol. The number of rotatable bonds is 6. The van der Waals surface area contributed by atoms with Crippen molar-refractivity contribution in [3.63, 3.8) is 0 Å². The van der Waals surface area contributed by atoms with Crippen molar-refractivity contribution in [1.82, 2.24) is 24.9 Å². The third-order valence-corrected chi connectivity index (χ3v) is 4.37. The van der Waals surface area contributed by atoms with Gasteiger partial charge in [0.05, 0.1) is 18.9 Å². The SMILES string of the molecule is CCCn1nccc1NC(=O)CN1CCC(c2cn[nH]c2)CC1. The summed E-state index contributed by atoms with van der Waals surface area (Å²) < 4.78 is 1.84. The Morgan fingerprint density at radius 2 is 2.26 bits per heavy atom. The van der Waals surface area contributed by atoms with Gasteiger partial charge >= 0.3 is 0 Å². The molecule has 1 aliphatic heterocycles. The van der Waals surface area contributed by atoms with Crippen molar-refractivity contribution in [1.29, 1.82) is 0 Å². The summed E-state index contributed by atoms with van der Waals surface area (Å²) in [5.41, 5.74) is 1.28. The quantitative estimate of drug-likeness (QED) is 0.852. The van der Waals surface area contributed by atoms with E-state index >= 15 is 0 Å². The number of hydrogen-bond acceptors (Lipinski definition) is 4. The molecular weight excluding hydrogens is 292 g/mol. The highest BCUT2D eigenvalue weighted by atomic mass is 16.2. The van der Waals surface area contributed by atoms with Crippen LogP contribution in [0.3, 0.4) is 0 Å². The molecule has 7 heteroatoms. The van der Waals surface area contributed by atoms with Crippen LogP contribution in [0.1, 0.15) is 37.7 Å². The molecule has 3 heterocycles. The zero-order valence-electron chi connectivity index (χ0n) is 13.5. The maximum absolute atomic E-state index is 12.2. The second kappa shape index (κ2) is 7.41. The highest BCUT2D eigenvalue weighted by Gasteiger charge is 2.22. The summed E-state index contributed by atoms with van der Waals surface area (Å²) >= 11 is 0. The average molecular weight is 316 g/mol. The van der Waals surface area contributed by atoms with Gasteiger partial charge in [-0.1, -0.05) is 6.92 Å². The smallest absolute Gasteiger partial charge is 0.239 e. The number of nitrogens with one attached hydrogen (secondary N) is 2. The molecule has 2 aromatic heterocycles. The number of anilines is 1. The minimum Gasteiger partial charge on any atom is -0.310 e. The zero-order chi connectivity index (χ0) is 16.1. The maximum atomic E-state index is 12.2. The van der Waals surface area contributed by atoms with Crippen molar-refractivity contribution in [3.8, 4) is 0 Å². The molecule has 2 N–H and O–H groups in total. The molecule has 0 aliphatic carbocycles. The maximum Gasteiger partial charge on any atom is 0.239 e. The van der Waals surface area contributed by atoms with Crippen LogP contribution >= 0.6 is 0 Å². The first-order chi connectivity index (χ1) is 11.3. The molecule has 124 valence electrons. The fourth-order valence-corrected chi connectivity index (χ4v) is 3.12. The lowest BCUT2D eigenvalue weighted by Gasteiger charge is -2.30. The first-order valence-corrected chi connectivity index (χ1v) is 8.29. The van der Waals surface area contributed by atoms with E-state index in [2.05, 4.69) is 32.4 Å². The Labute approximate surface area is 136 Å². The fourth-order valence-electron chi connectivity index (χ4n) is 3.12. The van der Waals surface area contributed by atoms with Crippen LogP contribution in [0.15, 0.2) is 24.7 Å². The summed E-state index contributed by atoms with van der Waals surface area (Å²) in [6, 6.07) is 1.85. The molecule has 3 rings (SSSR count). The third-order valence-electron chi connectivity index (χ3n) is 4.37. The van der Waals surface area contributed by atoms with Gasteiger partial charge in [0.1, 0.15) is 5.82 Å². The van der Waals surface area contributed by atoms with E-state index in [0.29, 0.717) is 12.5 Å². The Bertz CT molecular complexity index is 612. The second-order valence-electron chi connectivity index (χ2n) is 6.07. The molecule has 1 fully saturated rings. The van der Waals surface area contributed by atoms with Gasteiger partial charge in [-0.3, -0.25) is 14.8 Å². The number of carbonyl (C=O) groups excluding carboxylic acids is 1. The molecule has 7 nitrogen and oxygen atoms in total. The zero-order valence-corrected chi connectivity index (χ0v) is 13.5. The van der Waals surface area contributed by atoms with Crippen LogP contribution in [0, 0.1) is 0 Å². The molecule has 0 radical (unpaired) electrons. The predicted molar refractivity (Wildman–Crippen MR) is 88.2 cm³/mol. The summed E-state index contributed by atoms with van der Waals surface area (Å²) in [5, 5.41) is 14.1. The van der Waals surface area contributed by atoms with Crippen LogP contribution in [0.4, 0.5) is 5.82 Å². The minimum absolute atomic E-state index is 0.0321. The molecule has 2 aromatic rings. The molecule has 0 aromatic carbocycles. The summed E-state index contributed by atoms with van der Waals surface area (Å²) in [4.78, 5) is 14.5. The van der Waals surface area contributed by atoms with E-state index in [1.54, 1.807) is 6.20 Å². The van der Waals surface area contributed by atoms with Crippen LogP contribution in [0.2, 0.25) is 0 Å². The Morgan fingerprint density at radius 3 is 2.96 bits per heavy atom. The number of aryl methyl sites for hydroxylation is 1. The summed E-state index contributed by atoms with van der Waals surface area (Å²) in [6.07, 6.45) is 8.73. The molecule has 1 amide bonds. The summed E-state index contributed by atoms with van der Waals surface area (Å²) in [7, 11) is 0. The lowest BCUT2D eigenvalue weighted by Crippen LogP contribution is -2.39. The van der Waals surface area contributed by atoms with Gasteiger partial charge in [0.15, 0.2) is 0 Å². The van der Waals surface area contributed by atoms with E-state index in [1.807, 2.05) is 23.1 Å². The second-order valence-corrected chi connectivity index (χ2v) is 6.07. The van der Waals surface area contributed by atoms with Crippen LogP contribution in [0.25, 0.3) is 0 Å². The lowest BCUT2D eigenvalue weighted by atomic mass is 9.91. The highest BCUT2D eigenvalue weighted by molar-refractivity contribution is 5.91. The third kappa shape index (κ3) is 3.98. The Balaban J connectivity index is 1.46. The molecule has 23 heavy (non-hydrogen) atoms. The highest BCUT2D eigenvalue weighted by Crippen LogP contribution is 2.26. The van der Waals surface area contributed by atoms with Gasteiger partial charge in [-0.25, -0.2) is 4.68 Å². The molecule has 0 saturated carbocycles. The van der Waals surface area contributed by atoms with Gasteiger partial charge in [0.25, 0.3) is 0 Å². The first kappa shape index (κ1) is 15.7. The normalized spacial score (nSPS) is 16.6. The topological polar surface area (TPSA) is 78.8 Å². The van der Waals surface area contributed by atoms with Gasteiger partial charge in [-0.05, 0) is 43.8 Å². The molecule has 0 unspecified atom stereocenters. The number of H-pyrrole nitrogens is 1. The molecule has 0 bridgehead atoms. The predicted octanol–water partition coefficient (Wildman–Crippen LogP) is 1.83. The summed E-state index contributed by atoms with van der Waals surface area (Å²) in [5.74, 6) is 1.37. The van der Waals surface area contributed by atoms with Gasteiger partial charge < -0.3 is 5.32 Å². The van der Waals surface area contributed by atoms with E-state index in [4.69, 9.17) is 0 Å². The molecule has 1 saturated heterocycles. The number of carbonyl (C=O) groups is 1. The molecule has 0 spiro atoms. The molecule has 0 atom stereocenters. The van der Waals surface area contributed by atoms with Crippen LogP contribution in [-0.4, -0.2) is 50.4 Å². The summed E-state index contributed by atoms with van der Waals surface area (Å²) in [6.45, 7) is 5.24. The van der Waals surface area contributed by atoms with Gasteiger partial charge in [-0.15, -0.1) is 0 Å². The van der Waals surface area contributed by atoms with E-state index in [0.717, 1.165) is 44.7 Å². The van der Waals surface area contributed by atoms with Crippen molar-refractivity contribution in [2.45, 2.75) is 38.6 Å². The average Bonchev–Trinajstić information content (AvgIpc) is 3.21. The van der Waals surface area contributed by atoms with Crippen molar-refractivity contribution >= 4 is 11.7 Å². The number of likely N-dealkylation sites (tertiary alicyclic amines) is 1. The van der Waals surface area contributed by atoms with Crippen LogP contribution < -0.4 is 5.32 Å². The number of hydrogen-bond donors (Lipinski definition) is 2. The Kier molecular flexibility index (Phi) is 5.07. The van der Waals surface area contributed by atoms with Gasteiger partial charge in [-0.2, -0.15) is 10.2 Å². The molecule has 1 aliphatic rings. The minimum atomic E-state index is 0.0321. The molecular formula is C16H24N6O. The largest absolute Gasteiger partial charge is 0.310 e. The Hall–Kier alpha value is -2.15. The van der Waals surface area contributed by atoms with Crippen molar-refractivity contribution in [3.05, 3.63) is 30.2 Å². The van der Waals surface area contributed by atoms with E-state index < -0.39 is 0 Å². The van der Waals surface area contributed by atoms with Crippen molar-refractivity contribution in [2.24, 2.45) is 0 Å².